The predicted molar refractivity (Wildman–Crippen MR) is 62.4 cm³/mol. The van der Waals surface area contributed by atoms with E-state index in [0.717, 1.165) is 0 Å². The third-order valence-electron chi connectivity index (χ3n) is 2.19. The number of aliphatic carboxylic acids is 1. The predicted octanol–water partition coefficient (Wildman–Crippen LogP) is 0.871. The molecule has 1 aromatic rings. The first-order valence-corrected chi connectivity index (χ1v) is 5.04. The molecule has 0 bridgehead atoms. The van der Waals surface area contributed by atoms with Gasteiger partial charge in [-0.05, 0) is 24.6 Å². The minimum Gasteiger partial charge on any atom is -0.479 e. The molecular weight excluding hydrogens is 224 g/mol. The smallest absolute Gasteiger partial charge is 0.345 e. The number of carbonyl (C=O) groups excluding carboxylic acids is 1. The van der Waals surface area contributed by atoms with Crippen LogP contribution in [-0.2, 0) is 9.53 Å². The minimum atomic E-state index is -1.19. The maximum absolute atomic E-state index is 11.6. The number of esters is 1. The fraction of sp³-hybridized carbons (Fsp3) is 0.273. The number of carboxylic acid groups (broad SMARTS) is 1. The molecule has 0 fully saturated rings. The van der Waals surface area contributed by atoms with Crippen LogP contribution in [-0.4, -0.2) is 23.1 Å². The molecule has 6 nitrogen and oxygen atoms in total. The summed E-state index contributed by atoms with van der Waals surface area (Å²) in [5, 5.41) is 8.75. The van der Waals surface area contributed by atoms with E-state index in [4.69, 9.17) is 21.3 Å². The van der Waals surface area contributed by atoms with Gasteiger partial charge in [-0.15, -0.1) is 0 Å². The van der Waals surface area contributed by atoms with Crippen molar-refractivity contribution in [2.24, 2.45) is 0 Å². The van der Waals surface area contributed by atoms with E-state index in [-0.39, 0.29) is 17.7 Å². The second kappa shape index (κ2) is 5.20. The highest BCUT2D eigenvalue weighted by Crippen LogP contribution is 2.17. The highest BCUT2D eigenvalue weighted by Gasteiger charge is 2.22. The second-order valence-corrected chi connectivity index (χ2v) is 3.49. The zero-order valence-corrected chi connectivity index (χ0v) is 9.34. The third kappa shape index (κ3) is 3.10. The monoisotopic (exact) mass is 238 g/mol. The number of hydrogen-bond donors (Lipinski definition) is 3. The molecule has 1 aromatic carbocycles. The van der Waals surface area contributed by atoms with Crippen LogP contribution in [0, 0.1) is 0 Å². The van der Waals surface area contributed by atoms with Crippen molar-refractivity contribution in [2.45, 2.75) is 19.4 Å². The molecule has 0 saturated heterocycles. The molecular formula is C11H14N2O4. The van der Waals surface area contributed by atoms with E-state index in [0.29, 0.717) is 5.69 Å². The fourth-order valence-corrected chi connectivity index (χ4v) is 1.27. The van der Waals surface area contributed by atoms with E-state index < -0.39 is 18.0 Å². The largest absolute Gasteiger partial charge is 0.479 e. The number of anilines is 2. The van der Waals surface area contributed by atoms with Gasteiger partial charge >= 0.3 is 11.9 Å². The molecule has 6 heteroatoms. The molecule has 0 saturated carbocycles. The van der Waals surface area contributed by atoms with Gasteiger partial charge in [0.25, 0.3) is 0 Å². The molecule has 17 heavy (non-hydrogen) atoms. The molecule has 0 spiro atoms. The van der Waals surface area contributed by atoms with Gasteiger partial charge in [0.2, 0.25) is 0 Å². The molecule has 1 atom stereocenters. The van der Waals surface area contributed by atoms with E-state index in [9.17, 15) is 9.59 Å². The number of ether oxygens (including phenoxy) is 1. The van der Waals surface area contributed by atoms with Gasteiger partial charge in [-0.2, -0.15) is 0 Å². The number of carbonyl (C=O) groups is 2. The molecule has 5 N–H and O–H groups in total. The van der Waals surface area contributed by atoms with Crippen molar-refractivity contribution in [1.82, 2.24) is 0 Å². The second-order valence-electron chi connectivity index (χ2n) is 3.49. The van der Waals surface area contributed by atoms with Crippen LogP contribution in [0.1, 0.15) is 23.7 Å². The summed E-state index contributed by atoms with van der Waals surface area (Å²) < 4.78 is 4.81. The van der Waals surface area contributed by atoms with Crippen LogP contribution in [0.3, 0.4) is 0 Å². The highest BCUT2D eigenvalue weighted by molar-refractivity contribution is 5.96. The molecule has 1 unspecified atom stereocenters. The van der Waals surface area contributed by atoms with Gasteiger partial charge in [0, 0.05) is 11.4 Å². The third-order valence-corrected chi connectivity index (χ3v) is 2.19. The van der Waals surface area contributed by atoms with Crippen LogP contribution in [0.2, 0.25) is 0 Å². The number of hydrogen-bond acceptors (Lipinski definition) is 5. The lowest BCUT2D eigenvalue weighted by Gasteiger charge is -2.12. The topological polar surface area (TPSA) is 116 Å². The normalized spacial score (nSPS) is 11.8. The van der Waals surface area contributed by atoms with Crippen molar-refractivity contribution in [2.75, 3.05) is 11.5 Å². The van der Waals surface area contributed by atoms with Gasteiger partial charge < -0.3 is 21.3 Å². The van der Waals surface area contributed by atoms with E-state index in [1.807, 2.05) is 0 Å². The average Bonchev–Trinajstić information content (AvgIpc) is 2.24. The van der Waals surface area contributed by atoms with E-state index in [1.54, 1.807) is 6.92 Å². The summed E-state index contributed by atoms with van der Waals surface area (Å²) in [6.07, 6.45) is -0.977. The Morgan fingerprint density at radius 1 is 1.41 bits per heavy atom. The zero-order valence-electron chi connectivity index (χ0n) is 9.34. The first kappa shape index (κ1) is 12.8. The van der Waals surface area contributed by atoms with Crippen LogP contribution >= 0.6 is 0 Å². The lowest BCUT2D eigenvalue weighted by Crippen LogP contribution is -2.26. The van der Waals surface area contributed by atoms with Gasteiger partial charge in [-0.25, -0.2) is 9.59 Å². The molecule has 0 amide bonds. The molecule has 0 aliphatic rings. The van der Waals surface area contributed by atoms with Crippen molar-refractivity contribution in [3.8, 4) is 0 Å². The zero-order chi connectivity index (χ0) is 13.0. The van der Waals surface area contributed by atoms with Gasteiger partial charge in [0.1, 0.15) is 0 Å². The number of nitrogen functional groups attached to an aromatic ring is 2. The fourth-order valence-electron chi connectivity index (χ4n) is 1.27. The summed E-state index contributed by atoms with van der Waals surface area (Å²) in [4.78, 5) is 22.4. The minimum absolute atomic E-state index is 0.110. The number of carboxylic acids is 1. The molecule has 92 valence electrons. The standard InChI is InChI=1S/C11H14N2O4/c1-2-9(10(14)15)17-11(16)7-4-3-6(12)5-8(7)13/h3-5,9H,2,12-13H2,1H3,(H,14,15). The summed E-state index contributed by atoms with van der Waals surface area (Å²) >= 11 is 0. The Morgan fingerprint density at radius 2 is 2.06 bits per heavy atom. The Labute approximate surface area is 98.2 Å². The first-order valence-electron chi connectivity index (χ1n) is 5.04. The first-order chi connectivity index (χ1) is 7.95. The summed E-state index contributed by atoms with van der Waals surface area (Å²) in [5.41, 5.74) is 11.8. The Balaban J connectivity index is 2.86. The van der Waals surface area contributed by atoms with Gasteiger partial charge in [-0.1, -0.05) is 6.92 Å². The van der Waals surface area contributed by atoms with Gasteiger partial charge in [-0.3, -0.25) is 0 Å². The summed E-state index contributed by atoms with van der Waals surface area (Å²) in [6, 6.07) is 4.31. The lowest BCUT2D eigenvalue weighted by atomic mass is 10.1. The maximum atomic E-state index is 11.6. The van der Waals surface area contributed by atoms with Crippen molar-refractivity contribution in [3.05, 3.63) is 23.8 Å². The van der Waals surface area contributed by atoms with Crippen molar-refractivity contribution < 1.29 is 19.4 Å². The maximum Gasteiger partial charge on any atom is 0.345 e. The molecule has 1 rings (SSSR count). The van der Waals surface area contributed by atoms with Crippen molar-refractivity contribution in [1.29, 1.82) is 0 Å². The van der Waals surface area contributed by atoms with Crippen molar-refractivity contribution in [3.63, 3.8) is 0 Å². The quantitative estimate of drug-likeness (QED) is 0.529. The number of benzene rings is 1. The highest BCUT2D eigenvalue weighted by atomic mass is 16.6. The van der Waals surface area contributed by atoms with Crippen LogP contribution < -0.4 is 11.5 Å². The summed E-state index contributed by atoms with van der Waals surface area (Å²) in [7, 11) is 0. The lowest BCUT2D eigenvalue weighted by molar-refractivity contribution is -0.147. The van der Waals surface area contributed by atoms with Crippen LogP contribution in [0.5, 0.6) is 0 Å². The average molecular weight is 238 g/mol. The van der Waals surface area contributed by atoms with Crippen molar-refractivity contribution >= 4 is 23.3 Å². The van der Waals surface area contributed by atoms with Gasteiger partial charge in [0.15, 0.2) is 6.10 Å². The molecule has 0 radical (unpaired) electrons. The summed E-state index contributed by atoms with van der Waals surface area (Å²) in [6.45, 7) is 1.61. The Morgan fingerprint density at radius 3 is 2.53 bits per heavy atom. The summed E-state index contributed by atoms with van der Waals surface area (Å²) in [5.74, 6) is -1.95. The number of rotatable bonds is 4. The Hall–Kier alpha value is -2.24. The van der Waals surface area contributed by atoms with Crippen LogP contribution in [0.4, 0.5) is 11.4 Å². The van der Waals surface area contributed by atoms with Crippen LogP contribution in [0.25, 0.3) is 0 Å². The van der Waals surface area contributed by atoms with E-state index in [1.165, 1.54) is 18.2 Å². The van der Waals surface area contributed by atoms with Gasteiger partial charge in [0.05, 0.1) is 5.56 Å². The molecule has 0 heterocycles. The molecule has 0 aliphatic carbocycles. The van der Waals surface area contributed by atoms with Crippen LogP contribution in [0.15, 0.2) is 18.2 Å². The van der Waals surface area contributed by atoms with E-state index >= 15 is 0 Å². The number of nitrogens with two attached hydrogens (primary N) is 2. The molecule has 0 aromatic heterocycles. The molecule has 0 aliphatic heterocycles. The SMILES string of the molecule is CCC(OC(=O)c1ccc(N)cc1N)C(=O)O. The Kier molecular flexibility index (Phi) is 3.92. The Bertz CT molecular complexity index is 445. The van der Waals surface area contributed by atoms with E-state index in [2.05, 4.69) is 0 Å².